The maximum Gasteiger partial charge on any atom is 0.119 e. The minimum absolute atomic E-state index is 0.0974. The molecule has 0 aliphatic heterocycles. The first-order valence-electron chi connectivity index (χ1n) is 20.4. The number of ether oxygens (including phenoxy) is 8. The van der Waals surface area contributed by atoms with E-state index in [-0.39, 0.29) is 13.2 Å². The summed E-state index contributed by atoms with van der Waals surface area (Å²) in [6.45, 7) is 6.20. The molecule has 0 spiro atoms. The van der Waals surface area contributed by atoms with Crippen molar-refractivity contribution < 1.29 is 48.1 Å². The van der Waals surface area contributed by atoms with Crippen molar-refractivity contribution >= 4 is 0 Å². The normalized spacial score (nSPS) is 12.2. The first-order chi connectivity index (χ1) is 29.1. The van der Waals surface area contributed by atoms with E-state index in [1.165, 1.54) is 11.1 Å². The van der Waals surface area contributed by atoms with Crippen molar-refractivity contribution in [1.82, 2.24) is 0 Å². The lowest BCUT2D eigenvalue weighted by atomic mass is 9.72. The van der Waals surface area contributed by atoms with Gasteiger partial charge in [0.25, 0.3) is 0 Å². The smallest absolute Gasteiger partial charge is 0.119 e. The van der Waals surface area contributed by atoms with E-state index < -0.39 is 5.41 Å². The molecular weight excluding hydrogens is 749 g/mol. The molecule has 1 aliphatic carbocycles. The molecule has 0 radical (unpaired) electrons. The Bertz CT molecular complexity index is 1810. The van der Waals surface area contributed by atoms with Gasteiger partial charge in [0.15, 0.2) is 0 Å². The zero-order valence-corrected chi connectivity index (χ0v) is 34.5. The number of rotatable bonds is 26. The predicted octanol–water partition coefficient (Wildman–Crippen LogP) is 6.41. The molecule has 0 atom stereocenters. The standard InChI is InChI=1S/C49H58O10/c1-52-29-31-56-35-33-54-27-21-49(22-28-55-34-36-57-32-30-53-2)47-37-41(7-5-39-9-15-43(16-10-39)58-25-3-23-50)13-19-45(47)46-20-14-42(38-48(46)49)8-6-40-11-17-44(18-12-40)59-26-4-24-51/h9-20,37-38,50-51H,3-4,21-36H2,1-2H3. The molecule has 314 valence electrons. The van der Waals surface area contributed by atoms with Crippen LogP contribution in [-0.2, 0) is 33.8 Å². The van der Waals surface area contributed by atoms with Crippen molar-refractivity contribution in [2.45, 2.75) is 31.1 Å². The Labute approximate surface area is 349 Å². The van der Waals surface area contributed by atoms with Crippen molar-refractivity contribution in [3.63, 3.8) is 0 Å². The second-order valence-electron chi connectivity index (χ2n) is 13.9. The quantitative estimate of drug-likeness (QED) is 0.0545. The minimum Gasteiger partial charge on any atom is -0.494 e. The first kappa shape index (κ1) is 45.4. The van der Waals surface area contributed by atoms with Gasteiger partial charge in [-0.05, 0) is 108 Å². The number of aliphatic hydroxyl groups is 2. The van der Waals surface area contributed by atoms with Gasteiger partial charge < -0.3 is 48.1 Å². The number of benzene rings is 4. The molecule has 4 aromatic rings. The zero-order valence-electron chi connectivity index (χ0n) is 34.5. The Morgan fingerprint density at radius 2 is 0.780 bits per heavy atom. The molecular formula is C49H58O10. The Morgan fingerprint density at radius 1 is 0.424 bits per heavy atom. The summed E-state index contributed by atoms with van der Waals surface area (Å²) in [5.41, 5.74) is 7.83. The fraction of sp³-hybridized carbons (Fsp3) is 0.429. The number of hydrogen-bond donors (Lipinski definition) is 2. The number of hydrogen-bond acceptors (Lipinski definition) is 10. The van der Waals surface area contributed by atoms with E-state index >= 15 is 0 Å². The molecule has 0 heterocycles. The molecule has 0 amide bonds. The molecule has 59 heavy (non-hydrogen) atoms. The highest BCUT2D eigenvalue weighted by molar-refractivity contribution is 5.82. The Balaban J connectivity index is 1.44. The van der Waals surface area contributed by atoms with E-state index in [0.29, 0.717) is 105 Å². The van der Waals surface area contributed by atoms with E-state index in [1.54, 1.807) is 14.2 Å². The molecule has 4 aromatic carbocycles. The topological polar surface area (TPSA) is 114 Å². The average Bonchev–Trinajstić information content (AvgIpc) is 3.53. The van der Waals surface area contributed by atoms with Crippen LogP contribution in [0.5, 0.6) is 11.5 Å². The molecule has 10 nitrogen and oxygen atoms in total. The van der Waals surface area contributed by atoms with Crippen LogP contribution < -0.4 is 9.47 Å². The Kier molecular flexibility index (Phi) is 19.8. The lowest BCUT2D eigenvalue weighted by molar-refractivity contribution is 0.0145. The average molecular weight is 807 g/mol. The van der Waals surface area contributed by atoms with Gasteiger partial charge in [-0.3, -0.25) is 0 Å². The van der Waals surface area contributed by atoms with Gasteiger partial charge in [0.2, 0.25) is 0 Å². The van der Waals surface area contributed by atoms with Gasteiger partial charge in [-0.25, -0.2) is 0 Å². The maximum atomic E-state index is 9.07. The minimum atomic E-state index is -0.449. The van der Waals surface area contributed by atoms with Gasteiger partial charge in [-0.1, -0.05) is 35.8 Å². The van der Waals surface area contributed by atoms with E-state index in [1.807, 2.05) is 48.5 Å². The predicted molar refractivity (Wildman–Crippen MR) is 228 cm³/mol. The second kappa shape index (κ2) is 25.7. The third-order valence-corrected chi connectivity index (χ3v) is 9.87. The monoisotopic (exact) mass is 806 g/mol. The van der Waals surface area contributed by atoms with Crippen LogP contribution in [0, 0.1) is 23.7 Å². The van der Waals surface area contributed by atoms with Crippen LogP contribution in [0.1, 0.15) is 59.1 Å². The van der Waals surface area contributed by atoms with Crippen LogP contribution >= 0.6 is 0 Å². The van der Waals surface area contributed by atoms with Gasteiger partial charge in [-0.2, -0.15) is 0 Å². The summed E-state index contributed by atoms with van der Waals surface area (Å²) in [6.07, 6.45) is 2.59. The van der Waals surface area contributed by atoms with Crippen molar-refractivity contribution in [2.24, 2.45) is 0 Å². The molecule has 0 unspecified atom stereocenters. The zero-order chi connectivity index (χ0) is 41.4. The lowest BCUT2D eigenvalue weighted by Crippen LogP contribution is -2.30. The fourth-order valence-electron chi connectivity index (χ4n) is 6.80. The molecule has 2 N–H and O–H groups in total. The van der Waals surface area contributed by atoms with Crippen LogP contribution in [-0.4, -0.2) is 117 Å². The summed E-state index contributed by atoms with van der Waals surface area (Å²) in [4.78, 5) is 0. The van der Waals surface area contributed by atoms with Crippen molar-refractivity contribution in [1.29, 1.82) is 0 Å². The number of fused-ring (bicyclic) bond motifs is 3. The second-order valence-corrected chi connectivity index (χ2v) is 13.9. The van der Waals surface area contributed by atoms with Gasteiger partial charge >= 0.3 is 0 Å². The molecule has 0 saturated carbocycles. The number of methoxy groups -OCH3 is 2. The SMILES string of the molecule is COCCOCCOCCC1(CCOCCOCCOC)c2cc(C#Cc3ccc(OCCCO)cc3)ccc2-c2ccc(C#Cc3ccc(OCCCO)cc3)cc21. The van der Waals surface area contributed by atoms with Gasteiger partial charge in [0.1, 0.15) is 11.5 Å². The van der Waals surface area contributed by atoms with Crippen LogP contribution in [0.25, 0.3) is 11.1 Å². The van der Waals surface area contributed by atoms with Crippen molar-refractivity contribution in [3.05, 3.63) is 118 Å². The highest BCUT2D eigenvalue weighted by Gasteiger charge is 2.43. The molecule has 0 fully saturated rings. The summed E-state index contributed by atoms with van der Waals surface area (Å²) < 4.78 is 45.4. The van der Waals surface area contributed by atoms with Crippen LogP contribution in [0.15, 0.2) is 84.9 Å². The highest BCUT2D eigenvalue weighted by Crippen LogP contribution is 2.53. The van der Waals surface area contributed by atoms with E-state index in [0.717, 1.165) is 44.9 Å². The van der Waals surface area contributed by atoms with Crippen LogP contribution in [0.2, 0.25) is 0 Å². The van der Waals surface area contributed by atoms with E-state index in [4.69, 9.17) is 48.1 Å². The highest BCUT2D eigenvalue weighted by atomic mass is 16.5. The molecule has 10 heteroatoms. The molecule has 0 aromatic heterocycles. The van der Waals surface area contributed by atoms with Crippen LogP contribution in [0.4, 0.5) is 0 Å². The van der Waals surface area contributed by atoms with Gasteiger partial charge in [0.05, 0.1) is 66.1 Å². The molecule has 5 rings (SSSR count). The largest absolute Gasteiger partial charge is 0.494 e. The third kappa shape index (κ3) is 14.2. The molecule has 1 aliphatic rings. The fourth-order valence-corrected chi connectivity index (χ4v) is 6.80. The van der Waals surface area contributed by atoms with Gasteiger partial charge in [0, 0.05) is 81.2 Å². The van der Waals surface area contributed by atoms with Crippen molar-refractivity contribution in [3.8, 4) is 46.3 Å². The summed E-state index contributed by atoms with van der Waals surface area (Å²) in [5.74, 6) is 15.0. The maximum absolute atomic E-state index is 9.07. The van der Waals surface area contributed by atoms with Gasteiger partial charge in [-0.15, -0.1) is 0 Å². The van der Waals surface area contributed by atoms with Crippen LogP contribution in [0.3, 0.4) is 0 Å². The Hall–Kier alpha value is -4.72. The summed E-state index contributed by atoms with van der Waals surface area (Å²) in [7, 11) is 3.32. The van der Waals surface area contributed by atoms with E-state index in [9.17, 15) is 0 Å². The lowest BCUT2D eigenvalue weighted by Gasteiger charge is -2.32. The first-order valence-corrected chi connectivity index (χ1v) is 20.4. The van der Waals surface area contributed by atoms with E-state index in [2.05, 4.69) is 60.1 Å². The third-order valence-electron chi connectivity index (χ3n) is 9.87. The van der Waals surface area contributed by atoms with Crippen molar-refractivity contribution in [2.75, 3.05) is 107 Å². The summed E-state index contributed by atoms with van der Waals surface area (Å²) in [5, 5.41) is 18.1. The summed E-state index contributed by atoms with van der Waals surface area (Å²) >= 11 is 0. The molecule has 0 saturated heterocycles. The molecule has 0 bridgehead atoms. The summed E-state index contributed by atoms with van der Waals surface area (Å²) in [6, 6.07) is 28.4. The number of aliphatic hydroxyl groups excluding tert-OH is 2. The Morgan fingerprint density at radius 3 is 1.17 bits per heavy atom.